The molecule has 1 fully saturated rings. The van der Waals surface area contributed by atoms with Crippen LogP contribution < -0.4 is 10.6 Å². The van der Waals surface area contributed by atoms with Crippen LogP contribution in [0.25, 0.3) is 0 Å². The Labute approximate surface area is 175 Å². The van der Waals surface area contributed by atoms with Crippen LogP contribution in [-0.2, 0) is 17.8 Å². The molecule has 0 spiro atoms. The molecule has 0 bridgehead atoms. The first-order valence-corrected chi connectivity index (χ1v) is 9.43. The minimum absolute atomic E-state index is 0. The quantitative estimate of drug-likeness (QED) is 0.380. The smallest absolute Gasteiger partial charge is 0.224 e. The Morgan fingerprint density at radius 2 is 2.00 bits per heavy atom. The summed E-state index contributed by atoms with van der Waals surface area (Å²) in [5.74, 6) is 1.61. The molecule has 6 heteroatoms. The lowest BCUT2D eigenvalue weighted by Crippen LogP contribution is -2.42. The third-order valence-electron chi connectivity index (χ3n) is 4.81. The summed E-state index contributed by atoms with van der Waals surface area (Å²) in [4.78, 5) is 18.6. The lowest BCUT2D eigenvalue weighted by molar-refractivity contribution is -0.132. The van der Waals surface area contributed by atoms with Crippen LogP contribution in [0.15, 0.2) is 29.3 Å². The van der Waals surface area contributed by atoms with Crippen molar-refractivity contribution in [3.8, 4) is 0 Å². The summed E-state index contributed by atoms with van der Waals surface area (Å²) < 4.78 is 0. The van der Waals surface area contributed by atoms with Crippen LogP contribution >= 0.6 is 24.0 Å². The van der Waals surface area contributed by atoms with E-state index < -0.39 is 0 Å². The number of nitrogens with zero attached hydrogens (tertiary/aromatic N) is 2. The second-order valence-electron chi connectivity index (χ2n) is 6.81. The van der Waals surface area contributed by atoms with E-state index in [1.54, 1.807) is 7.05 Å². The molecule has 1 atom stereocenters. The van der Waals surface area contributed by atoms with Crippen molar-refractivity contribution >= 4 is 35.8 Å². The maximum atomic E-state index is 12.3. The summed E-state index contributed by atoms with van der Waals surface area (Å²) >= 11 is 0. The summed E-state index contributed by atoms with van der Waals surface area (Å²) in [5.41, 5.74) is 2.63. The van der Waals surface area contributed by atoms with Crippen LogP contribution in [0.2, 0.25) is 0 Å². The summed E-state index contributed by atoms with van der Waals surface area (Å²) in [6.07, 6.45) is 3.89. The second kappa shape index (κ2) is 12.1. The highest BCUT2D eigenvalue weighted by Crippen LogP contribution is 2.15. The molecule has 1 aromatic carbocycles. The zero-order valence-electron chi connectivity index (χ0n) is 16.3. The molecular weight excluding hydrogens is 439 g/mol. The van der Waals surface area contributed by atoms with Crippen molar-refractivity contribution in [2.75, 3.05) is 26.7 Å². The lowest BCUT2D eigenvalue weighted by Gasteiger charge is -2.31. The first-order valence-electron chi connectivity index (χ1n) is 9.43. The number of aliphatic imine (C=N–C) groups is 1. The number of likely N-dealkylation sites (tertiary alicyclic amines) is 1. The molecule has 1 saturated heterocycles. The molecule has 2 N–H and O–H groups in total. The Balaban J connectivity index is 0.00000338. The highest BCUT2D eigenvalue weighted by atomic mass is 127. The predicted molar refractivity (Wildman–Crippen MR) is 119 cm³/mol. The van der Waals surface area contributed by atoms with Gasteiger partial charge in [0.15, 0.2) is 5.96 Å². The van der Waals surface area contributed by atoms with Crippen molar-refractivity contribution in [3.05, 3.63) is 35.4 Å². The van der Waals surface area contributed by atoms with Gasteiger partial charge < -0.3 is 15.5 Å². The zero-order chi connectivity index (χ0) is 18.1. The number of carbonyl (C=O) groups is 1. The van der Waals surface area contributed by atoms with Gasteiger partial charge in [0, 0.05) is 39.6 Å². The molecule has 1 amide bonds. The number of nitrogens with one attached hydrogen (secondary N) is 2. The van der Waals surface area contributed by atoms with Crippen molar-refractivity contribution in [1.29, 1.82) is 0 Å². The van der Waals surface area contributed by atoms with Gasteiger partial charge in [0.2, 0.25) is 5.91 Å². The van der Waals surface area contributed by atoms with Gasteiger partial charge in [-0.2, -0.15) is 0 Å². The maximum Gasteiger partial charge on any atom is 0.224 e. The Kier molecular flexibility index (Phi) is 10.6. The molecule has 146 valence electrons. The fourth-order valence-electron chi connectivity index (χ4n) is 3.34. The summed E-state index contributed by atoms with van der Waals surface area (Å²) in [7, 11) is 1.76. The number of aryl methyl sites for hydroxylation is 1. The van der Waals surface area contributed by atoms with Gasteiger partial charge >= 0.3 is 0 Å². The number of hydrogen-bond donors (Lipinski definition) is 2. The molecule has 1 heterocycles. The molecule has 1 aliphatic rings. The van der Waals surface area contributed by atoms with E-state index >= 15 is 0 Å². The molecule has 0 radical (unpaired) electrons. The van der Waals surface area contributed by atoms with E-state index in [-0.39, 0.29) is 29.9 Å². The Hall–Kier alpha value is -1.31. The fourth-order valence-corrected chi connectivity index (χ4v) is 3.34. The number of halogens is 1. The largest absolute Gasteiger partial charge is 0.356 e. The Morgan fingerprint density at radius 1 is 1.27 bits per heavy atom. The summed E-state index contributed by atoms with van der Waals surface area (Å²) in [5, 5.41) is 6.58. The number of amides is 1. The molecule has 0 saturated carbocycles. The van der Waals surface area contributed by atoms with Crippen molar-refractivity contribution in [2.24, 2.45) is 10.9 Å². The van der Waals surface area contributed by atoms with Gasteiger partial charge in [-0.25, -0.2) is 0 Å². The van der Waals surface area contributed by atoms with Gasteiger partial charge in [-0.05, 0) is 36.3 Å². The zero-order valence-corrected chi connectivity index (χ0v) is 18.6. The summed E-state index contributed by atoms with van der Waals surface area (Å²) in [6, 6.07) is 8.43. The number of benzene rings is 1. The van der Waals surface area contributed by atoms with Crippen molar-refractivity contribution in [3.63, 3.8) is 0 Å². The van der Waals surface area contributed by atoms with Crippen LogP contribution in [0.1, 0.15) is 44.2 Å². The molecule has 0 aliphatic carbocycles. The van der Waals surface area contributed by atoms with Crippen LogP contribution in [0, 0.1) is 5.92 Å². The SMILES string of the molecule is CCc1ccccc1CNC(=NC)NCCC(=O)N1CCCC(C)C1.I. The van der Waals surface area contributed by atoms with Crippen LogP contribution in [0.3, 0.4) is 0 Å². The van der Waals surface area contributed by atoms with E-state index in [9.17, 15) is 4.79 Å². The maximum absolute atomic E-state index is 12.3. The average molecular weight is 472 g/mol. The molecule has 0 aromatic heterocycles. The molecule has 1 aliphatic heterocycles. The third kappa shape index (κ3) is 7.13. The molecule has 1 unspecified atom stereocenters. The van der Waals surface area contributed by atoms with E-state index in [0.29, 0.717) is 18.9 Å². The van der Waals surface area contributed by atoms with Gasteiger partial charge in [-0.3, -0.25) is 9.79 Å². The van der Waals surface area contributed by atoms with Crippen LogP contribution in [-0.4, -0.2) is 43.4 Å². The molecule has 2 rings (SSSR count). The van der Waals surface area contributed by atoms with Crippen LogP contribution in [0.4, 0.5) is 0 Å². The van der Waals surface area contributed by atoms with E-state index in [2.05, 4.69) is 53.7 Å². The molecule has 26 heavy (non-hydrogen) atoms. The first-order chi connectivity index (χ1) is 12.1. The number of rotatable bonds is 6. The highest BCUT2D eigenvalue weighted by molar-refractivity contribution is 14.0. The second-order valence-corrected chi connectivity index (χ2v) is 6.81. The van der Waals surface area contributed by atoms with Gasteiger partial charge in [0.05, 0.1) is 0 Å². The molecule has 1 aromatic rings. The van der Waals surface area contributed by atoms with Gasteiger partial charge in [0.25, 0.3) is 0 Å². The van der Waals surface area contributed by atoms with Gasteiger partial charge in [0.1, 0.15) is 0 Å². The fraction of sp³-hybridized carbons (Fsp3) is 0.600. The monoisotopic (exact) mass is 472 g/mol. The van der Waals surface area contributed by atoms with Gasteiger partial charge in [-0.15, -0.1) is 24.0 Å². The molecule has 5 nitrogen and oxygen atoms in total. The minimum Gasteiger partial charge on any atom is -0.356 e. The number of carbonyl (C=O) groups excluding carboxylic acids is 1. The van der Waals surface area contributed by atoms with E-state index in [0.717, 1.165) is 38.4 Å². The lowest BCUT2D eigenvalue weighted by atomic mass is 10.00. The normalized spacial score (nSPS) is 17.4. The summed E-state index contributed by atoms with van der Waals surface area (Å²) in [6.45, 7) is 7.54. The molecular formula is C20H33IN4O. The van der Waals surface area contributed by atoms with E-state index in [1.807, 2.05) is 4.90 Å². The highest BCUT2D eigenvalue weighted by Gasteiger charge is 2.20. The number of hydrogen-bond acceptors (Lipinski definition) is 2. The topological polar surface area (TPSA) is 56.7 Å². The third-order valence-corrected chi connectivity index (χ3v) is 4.81. The predicted octanol–water partition coefficient (Wildman–Crippen LogP) is 3.18. The Morgan fingerprint density at radius 3 is 2.65 bits per heavy atom. The van der Waals surface area contributed by atoms with Crippen molar-refractivity contribution in [2.45, 2.75) is 46.1 Å². The van der Waals surface area contributed by atoms with Crippen molar-refractivity contribution in [1.82, 2.24) is 15.5 Å². The van der Waals surface area contributed by atoms with Crippen molar-refractivity contribution < 1.29 is 4.79 Å². The minimum atomic E-state index is 0. The number of piperidine rings is 1. The standard InChI is InChI=1S/C20H32N4O.HI/c1-4-17-9-5-6-10-18(17)14-23-20(21-3)22-12-11-19(25)24-13-7-8-16(2)15-24;/h5-6,9-10,16H,4,7-8,11-15H2,1-3H3,(H2,21,22,23);1H. The first kappa shape index (κ1) is 22.7. The number of guanidine groups is 1. The van der Waals surface area contributed by atoms with E-state index in [1.165, 1.54) is 17.5 Å². The van der Waals surface area contributed by atoms with Crippen LogP contribution in [0.5, 0.6) is 0 Å². The average Bonchev–Trinajstić information content (AvgIpc) is 2.64. The Bertz CT molecular complexity index is 591. The van der Waals surface area contributed by atoms with Gasteiger partial charge in [-0.1, -0.05) is 38.1 Å². The van der Waals surface area contributed by atoms with E-state index in [4.69, 9.17) is 0 Å².